The van der Waals surface area contributed by atoms with E-state index in [0.717, 1.165) is 0 Å². The van der Waals surface area contributed by atoms with Crippen molar-refractivity contribution in [1.29, 1.82) is 0 Å². The summed E-state index contributed by atoms with van der Waals surface area (Å²) in [5.41, 5.74) is -0.543. The van der Waals surface area contributed by atoms with Crippen LogP contribution in [0.5, 0.6) is 11.5 Å². The fourth-order valence-corrected chi connectivity index (χ4v) is 2.28. The third-order valence-corrected chi connectivity index (χ3v) is 3.60. The Bertz CT molecular complexity index is 567. The van der Waals surface area contributed by atoms with Gasteiger partial charge in [0.15, 0.2) is 11.5 Å². The first-order valence-electron chi connectivity index (χ1n) is 6.63. The van der Waals surface area contributed by atoms with E-state index >= 15 is 0 Å². The van der Waals surface area contributed by atoms with E-state index in [4.69, 9.17) is 14.2 Å². The fraction of sp³-hybridized carbons (Fsp3) is 0.467. The number of rotatable bonds is 3. The van der Waals surface area contributed by atoms with Gasteiger partial charge in [0, 0.05) is 5.56 Å². The van der Waals surface area contributed by atoms with Crippen molar-refractivity contribution >= 4 is 11.9 Å². The summed E-state index contributed by atoms with van der Waals surface area (Å²) < 4.78 is 15.4. The summed E-state index contributed by atoms with van der Waals surface area (Å²) in [5, 5.41) is 0. The van der Waals surface area contributed by atoms with Crippen LogP contribution in [0.1, 0.15) is 24.2 Å². The predicted molar refractivity (Wildman–Crippen MR) is 75.6 cm³/mol. The number of ether oxygens (including phenoxy) is 3. The van der Waals surface area contributed by atoms with E-state index in [9.17, 15) is 9.59 Å². The maximum Gasteiger partial charge on any atom is 0.331 e. The van der Waals surface area contributed by atoms with Gasteiger partial charge < -0.3 is 19.1 Å². The molecule has 21 heavy (non-hydrogen) atoms. The van der Waals surface area contributed by atoms with Crippen molar-refractivity contribution in [2.45, 2.75) is 19.4 Å². The molecule has 1 aromatic rings. The highest BCUT2D eigenvalue weighted by Gasteiger charge is 2.42. The zero-order chi connectivity index (χ0) is 15.6. The number of nitrogens with zero attached hydrogens (tertiary/aromatic N) is 1. The molecule has 0 N–H and O–H groups in total. The number of carbonyl (C=O) groups is 2. The third kappa shape index (κ3) is 2.66. The van der Waals surface area contributed by atoms with Crippen molar-refractivity contribution < 1.29 is 23.8 Å². The maximum absolute atomic E-state index is 12.7. The number of esters is 1. The van der Waals surface area contributed by atoms with Crippen LogP contribution in [-0.4, -0.2) is 49.7 Å². The van der Waals surface area contributed by atoms with Crippen molar-refractivity contribution in [1.82, 2.24) is 4.90 Å². The van der Waals surface area contributed by atoms with Crippen LogP contribution < -0.4 is 9.47 Å². The summed E-state index contributed by atoms with van der Waals surface area (Å²) in [6.45, 7) is 3.92. The summed E-state index contributed by atoms with van der Waals surface area (Å²) in [7, 11) is 3.04. The highest BCUT2D eigenvalue weighted by atomic mass is 16.5. The molecule has 0 spiro atoms. The Morgan fingerprint density at radius 3 is 2.52 bits per heavy atom. The van der Waals surface area contributed by atoms with Gasteiger partial charge in [-0.15, -0.1) is 0 Å². The van der Waals surface area contributed by atoms with Crippen LogP contribution in [-0.2, 0) is 9.53 Å². The van der Waals surface area contributed by atoms with Crippen molar-refractivity contribution in [3.05, 3.63) is 23.8 Å². The molecule has 0 aromatic heterocycles. The molecule has 1 heterocycles. The summed E-state index contributed by atoms with van der Waals surface area (Å²) in [6, 6.07) is 4.93. The van der Waals surface area contributed by atoms with Gasteiger partial charge in [-0.2, -0.15) is 0 Å². The minimum atomic E-state index is -0.984. The number of benzene rings is 1. The number of morpholine rings is 1. The molecular formula is C15H19NO5. The SMILES string of the molecule is COc1ccc(C(=O)N2CCOC(=O)C2(C)C)cc1OC. The van der Waals surface area contributed by atoms with Crippen molar-refractivity contribution in [2.24, 2.45) is 0 Å². The lowest BCUT2D eigenvalue weighted by Gasteiger charge is -2.40. The summed E-state index contributed by atoms with van der Waals surface area (Å²) in [4.78, 5) is 26.0. The second kappa shape index (κ2) is 5.63. The van der Waals surface area contributed by atoms with Crippen LogP contribution in [0.15, 0.2) is 18.2 Å². The molecule has 6 heteroatoms. The molecule has 2 rings (SSSR count). The smallest absolute Gasteiger partial charge is 0.331 e. The zero-order valence-corrected chi connectivity index (χ0v) is 12.6. The second-order valence-corrected chi connectivity index (χ2v) is 5.22. The molecular weight excluding hydrogens is 274 g/mol. The van der Waals surface area contributed by atoms with Gasteiger partial charge in [0.05, 0.1) is 20.8 Å². The lowest BCUT2D eigenvalue weighted by atomic mass is 10.00. The molecule has 1 aromatic carbocycles. The number of hydrogen-bond donors (Lipinski definition) is 0. The Morgan fingerprint density at radius 1 is 1.24 bits per heavy atom. The minimum absolute atomic E-state index is 0.210. The topological polar surface area (TPSA) is 65.1 Å². The van der Waals surface area contributed by atoms with Crippen LogP contribution in [0.4, 0.5) is 0 Å². The number of cyclic esters (lactones) is 1. The number of hydrogen-bond acceptors (Lipinski definition) is 5. The van der Waals surface area contributed by atoms with E-state index in [2.05, 4.69) is 0 Å². The van der Waals surface area contributed by atoms with Gasteiger partial charge in [-0.05, 0) is 32.0 Å². The largest absolute Gasteiger partial charge is 0.493 e. The van der Waals surface area contributed by atoms with Gasteiger partial charge in [0.2, 0.25) is 0 Å². The highest BCUT2D eigenvalue weighted by molar-refractivity contribution is 5.98. The quantitative estimate of drug-likeness (QED) is 0.790. The van der Waals surface area contributed by atoms with Crippen molar-refractivity contribution in [2.75, 3.05) is 27.4 Å². The molecule has 1 fully saturated rings. The molecule has 1 aliphatic heterocycles. The second-order valence-electron chi connectivity index (χ2n) is 5.22. The van der Waals surface area contributed by atoms with E-state index in [-0.39, 0.29) is 12.5 Å². The van der Waals surface area contributed by atoms with Gasteiger partial charge in [-0.3, -0.25) is 4.79 Å². The van der Waals surface area contributed by atoms with Crippen LogP contribution in [0, 0.1) is 0 Å². The molecule has 1 amide bonds. The van der Waals surface area contributed by atoms with E-state index in [1.165, 1.54) is 19.1 Å². The van der Waals surface area contributed by atoms with E-state index in [1.54, 1.807) is 32.0 Å². The average Bonchev–Trinajstić information content (AvgIpc) is 2.48. The summed E-state index contributed by atoms with van der Waals surface area (Å²) >= 11 is 0. The average molecular weight is 293 g/mol. The molecule has 114 valence electrons. The Kier molecular flexibility index (Phi) is 4.06. The van der Waals surface area contributed by atoms with Gasteiger partial charge >= 0.3 is 5.97 Å². The number of amides is 1. The molecule has 0 radical (unpaired) electrons. The molecule has 0 aliphatic carbocycles. The maximum atomic E-state index is 12.7. The molecule has 0 atom stereocenters. The first-order chi connectivity index (χ1) is 9.91. The Balaban J connectivity index is 2.33. The normalized spacial score (nSPS) is 17.1. The Morgan fingerprint density at radius 2 is 1.90 bits per heavy atom. The van der Waals surface area contributed by atoms with E-state index < -0.39 is 11.5 Å². The first kappa shape index (κ1) is 15.2. The Hall–Kier alpha value is -2.24. The predicted octanol–water partition coefficient (Wildman–Crippen LogP) is 1.48. The van der Waals surface area contributed by atoms with Crippen LogP contribution in [0.25, 0.3) is 0 Å². The summed E-state index contributed by atoms with van der Waals surface area (Å²) in [6.07, 6.45) is 0. The standard InChI is InChI=1S/C15H19NO5/c1-15(2)14(18)21-8-7-16(15)13(17)10-5-6-11(19-3)12(9-10)20-4/h5-6,9H,7-8H2,1-4H3. The monoisotopic (exact) mass is 293 g/mol. The van der Waals surface area contributed by atoms with Crippen molar-refractivity contribution in [3.63, 3.8) is 0 Å². The van der Waals surface area contributed by atoms with Gasteiger partial charge in [0.25, 0.3) is 5.91 Å². The minimum Gasteiger partial charge on any atom is -0.493 e. The highest BCUT2D eigenvalue weighted by Crippen LogP contribution is 2.30. The van der Waals surface area contributed by atoms with E-state index in [0.29, 0.717) is 23.6 Å². The number of carbonyl (C=O) groups excluding carboxylic acids is 2. The molecule has 0 bridgehead atoms. The van der Waals surface area contributed by atoms with Crippen LogP contribution in [0.2, 0.25) is 0 Å². The molecule has 1 saturated heterocycles. The summed E-state index contributed by atoms with van der Waals surface area (Å²) in [5.74, 6) is 0.382. The molecule has 6 nitrogen and oxygen atoms in total. The number of methoxy groups -OCH3 is 2. The first-order valence-corrected chi connectivity index (χ1v) is 6.63. The van der Waals surface area contributed by atoms with Crippen LogP contribution >= 0.6 is 0 Å². The molecule has 0 unspecified atom stereocenters. The molecule has 0 saturated carbocycles. The van der Waals surface area contributed by atoms with Crippen LogP contribution in [0.3, 0.4) is 0 Å². The lowest BCUT2D eigenvalue weighted by molar-refractivity contribution is -0.162. The van der Waals surface area contributed by atoms with Gasteiger partial charge in [-0.1, -0.05) is 0 Å². The van der Waals surface area contributed by atoms with Gasteiger partial charge in [-0.25, -0.2) is 4.79 Å². The molecule has 1 aliphatic rings. The lowest BCUT2D eigenvalue weighted by Crippen LogP contribution is -2.58. The fourth-order valence-electron chi connectivity index (χ4n) is 2.28. The van der Waals surface area contributed by atoms with Crippen molar-refractivity contribution in [3.8, 4) is 11.5 Å². The van der Waals surface area contributed by atoms with E-state index in [1.807, 2.05) is 0 Å². The third-order valence-electron chi connectivity index (χ3n) is 3.60. The van der Waals surface area contributed by atoms with Gasteiger partial charge in [0.1, 0.15) is 12.1 Å². The Labute approximate surface area is 123 Å². The zero-order valence-electron chi connectivity index (χ0n) is 12.6.